The Morgan fingerprint density at radius 1 is 1.09 bits per heavy atom. The molecule has 1 amide bonds. The zero-order valence-electron chi connectivity index (χ0n) is 19.4. The number of anilines is 4. The molecule has 1 saturated heterocycles. The number of nitrogens with zero attached hydrogens (tertiary/aromatic N) is 2. The number of aromatic nitrogens is 1. The van der Waals surface area contributed by atoms with Crippen LogP contribution in [-0.4, -0.2) is 35.7 Å². The summed E-state index contributed by atoms with van der Waals surface area (Å²) < 4.78 is 0. The molecule has 0 bridgehead atoms. The van der Waals surface area contributed by atoms with Gasteiger partial charge in [-0.2, -0.15) is 0 Å². The van der Waals surface area contributed by atoms with Crippen LogP contribution in [-0.2, 0) is 17.8 Å². The van der Waals surface area contributed by atoms with Crippen molar-refractivity contribution in [3.05, 3.63) is 78.0 Å². The first kappa shape index (κ1) is 23.6. The molecule has 1 aliphatic heterocycles. The molecule has 2 heterocycles. The third-order valence-corrected chi connectivity index (χ3v) is 6.33. The van der Waals surface area contributed by atoms with Crippen LogP contribution in [0.3, 0.4) is 0 Å². The maximum Gasteiger partial charge on any atom is 0.221 e. The van der Waals surface area contributed by atoms with E-state index in [1.54, 1.807) is 6.20 Å². The van der Waals surface area contributed by atoms with Crippen molar-refractivity contribution in [2.75, 3.05) is 35.2 Å². The summed E-state index contributed by atoms with van der Waals surface area (Å²) in [6.45, 7) is 2.97. The minimum Gasteiger partial charge on any atom is -0.396 e. The zero-order valence-corrected chi connectivity index (χ0v) is 19.4. The Labute approximate surface area is 201 Å². The lowest BCUT2D eigenvalue weighted by Crippen LogP contribution is -2.33. The fourth-order valence-corrected chi connectivity index (χ4v) is 4.40. The van der Waals surface area contributed by atoms with Gasteiger partial charge in [0.25, 0.3) is 0 Å². The molecule has 0 aliphatic carbocycles. The molecule has 34 heavy (non-hydrogen) atoms. The van der Waals surface area contributed by atoms with Crippen LogP contribution in [0.25, 0.3) is 0 Å². The maximum atomic E-state index is 11.5. The van der Waals surface area contributed by atoms with Gasteiger partial charge in [0.2, 0.25) is 5.91 Å². The number of piperidine rings is 1. The largest absolute Gasteiger partial charge is 0.396 e. The van der Waals surface area contributed by atoms with E-state index in [9.17, 15) is 4.79 Å². The quantitative estimate of drug-likeness (QED) is 0.365. The van der Waals surface area contributed by atoms with Crippen molar-refractivity contribution in [3.8, 4) is 0 Å². The number of carbonyl (C=O) groups is 1. The number of primary amides is 1. The highest BCUT2D eigenvalue weighted by atomic mass is 16.3. The number of aliphatic hydroxyl groups excluding tert-OH is 1. The zero-order chi connectivity index (χ0) is 23.8. The molecule has 5 N–H and O–H groups in total. The summed E-state index contributed by atoms with van der Waals surface area (Å²) in [5.74, 6) is 0.943. The van der Waals surface area contributed by atoms with Gasteiger partial charge >= 0.3 is 0 Å². The fourth-order valence-electron chi connectivity index (χ4n) is 4.40. The molecule has 0 saturated carbocycles. The van der Waals surface area contributed by atoms with E-state index < -0.39 is 0 Å². The SMILES string of the molecule is NC(=O)Cc1cnc(Nc2ccc(N3CCC(CCO)CC3)cc2)cc1NCc1ccccc1. The van der Waals surface area contributed by atoms with Gasteiger partial charge in [0, 0.05) is 61.1 Å². The molecule has 1 aliphatic rings. The Balaban J connectivity index is 1.42. The third-order valence-electron chi connectivity index (χ3n) is 6.33. The average Bonchev–Trinajstić information content (AvgIpc) is 2.86. The highest BCUT2D eigenvalue weighted by Gasteiger charge is 2.19. The average molecular weight is 460 g/mol. The lowest BCUT2D eigenvalue weighted by Gasteiger charge is -2.33. The summed E-state index contributed by atoms with van der Waals surface area (Å²) >= 11 is 0. The molecule has 7 nitrogen and oxygen atoms in total. The molecule has 178 valence electrons. The molecule has 0 unspecified atom stereocenters. The standard InChI is InChI=1S/C27H33N5O2/c28-26(34)16-22-19-30-27(17-25(22)29-18-21-4-2-1-3-5-21)31-23-6-8-24(9-7-23)32-13-10-20(11-14-32)12-15-33/h1-9,17,19-20,33H,10-16,18H2,(H2,28,34)(H2,29,30,31). The monoisotopic (exact) mass is 459 g/mol. The number of aliphatic hydroxyl groups is 1. The van der Waals surface area contributed by atoms with Gasteiger partial charge in [-0.3, -0.25) is 4.79 Å². The first-order valence-corrected chi connectivity index (χ1v) is 11.9. The summed E-state index contributed by atoms with van der Waals surface area (Å²) in [6, 6.07) is 20.4. The van der Waals surface area contributed by atoms with Crippen molar-refractivity contribution < 1.29 is 9.90 Å². The number of hydrogen-bond acceptors (Lipinski definition) is 6. The number of nitrogens with one attached hydrogen (secondary N) is 2. The van der Waals surface area contributed by atoms with E-state index in [1.165, 1.54) is 5.69 Å². The van der Waals surface area contributed by atoms with Crippen molar-refractivity contribution in [2.24, 2.45) is 11.7 Å². The number of pyridine rings is 1. The van der Waals surface area contributed by atoms with Crippen molar-refractivity contribution in [1.82, 2.24) is 4.98 Å². The Morgan fingerprint density at radius 2 is 1.82 bits per heavy atom. The van der Waals surface area contributed by atoms with Crippen molar-refractivity contribution in [2.45, 2.75) is 32.2 Å². The van der Waals surface area contributed by atoms with Crippen molar-refractivity contribution >= 4 is 28.8 Å². The summed E-state index contributed by atoms with van der Waals surface area (Å²) in [7, 11) is 0. The van der Waals surface area contributed by atoms with Gasteiger partial charge in [-0.1, -0.05) is 30.3 Å². The van der Waals surface area contributed by atoms with Crippen LogP contribution in [0.5, 0.6) is 0 Å². The van der Waals surface area contributed by atoms with Gasteiger partial charge in [0.15, 0.2) is 0 Å². The van der Waals surface area contributed by atoms with Crippen LogP contribution in [0.15, 0.2) is 66.9 Å². The van der Waals surface area contributed by atoms with Crippen LogP contribution in [0.4, 0.5) is 22.9 Å². The van der Waals surface area contributed by atoms with E-state index in [4.69, 9.17) is 10.8 Å². The lowest BCUT2D eigenvalue weighted by atomic mass is 9.93. The summed E-state index contributed by atoms with van der Waals surface area (Å²) in [6.07, 6.45) is 4.99. The number of rotatable bonds is 10. The first-order valence-electron chi connectivity index (χ1n) is 11.9. The van der Waals surface area contributed by atoms with Crippen molar-refractivity contribution in [1.29, 1.82) is 0 Å². The number of benzene rings is 2. The van der Waals surface area contributed by atoms with E-state index >= 15 is 0 Å². The van der Waals surface area contributed by atoms with Crippen molar-refractivity contribution in [3.63, 3.8) is 0 Å². The predicted octanol–water partition coefficient (Wildman–Crippen LogP) is 4.06. The normalized spacial score (nSPS) is 14.1. The van der Waals surface area contributed by atoms with E-state index in [0.717, 1.165) is 54.9 Å². The van der Waals surface area contributed by atoms with Crippen LogP contribution in [0, 0.1) is 5.92 Å². The number of carbonyl (C=O) groups excluding carboxylic acids is 1. The Kier molecular flexibility index (Phi) is 7.99. The second-order valence-electron chi connectivity index (χ2n) is 8.82. The molecule has 0 spiro atoms. The van der Waals surface area contributed by atoms with Crippen LogP contribution in [0.1, 0.15) is 30.4 Å². The van der Waals surface area contributed by atoms with Gasteiger partial charge in [-0.15, -0.1) is 0 Å². The molecule has 0 atom stereocenters. The van der Waals surface area contributed by atoms with Gasteiger partial charge in [0.1, 0.15) is 5.82 Å². The van der Waals surface area contributed by atoms with E-state index in [1.807, 2.05) is 24.3 Å². The minimum absolute atomic E-state index is 0.133. The molecular weight excluding hydrogens is 426 g/mol. The molecule has 1 aromatic heterocycles. The first-order chi connectivity index (χ1) is 16.6. The van der Waals surface area contributed by atoms with Gasteiger partial charge in [-0.25, -0.2) is 4.98 Å². The Morgan fingerprint density at radius 3 is 2.50 bits per heavy atom. The van der Waals surface area contributed by atoms with Crippen LogP contribution >= 0.6 is 0 Å². The molecule has 1 fully saturated rings. The predicted molar refractivity (Wildman–Crippen MR) is 137 cm³/mol. The molecule has 7 heteroatoms. The second-order valence-corrected chi connectivity index (χ2v) is 8.82. The number of nitrogens with two attached hydrogens (primary N) is 1. The van der Waals surface area contributed by atoms with E-state index in [0.29, 0.717) is 18.3 Å². The van der Waals surface area contributed by atoms with Gasteiger partial charge < -0.3 is 26.4 Å². The molecule has 3 aromatic rings. The third kappa shape index (κ3) is 6.48. The summed E-state index contributed by atoms with van der Waals surface area (Å²) in [5, 5.41) is 15.9. The molecule has 0 radical (unpaired) electrons. The molecular formula is C27H33N5O2. The van der Waals surface area contributed by atoms with Crippen LogP contribution < -0.4 is 21.3 Å². The highest BCUT2D eigenvalue weighted by Crippen LogP contribution is 2.27. The topological polar surface area (TPSA) is 104 Å². The van der Waals surface area contributed by atoms with E-state index in [2.05, 4.69) is 56.9 Å². The van der Waals surface area contributed by atoms with Gasteiger partial charge in [0.05, 0.1) is 6.42 Å². The van der Waals surface area contributed by atoms with Crippen LogP contribution in [0.2, 0.25) is 0 Å². The minimum atomic E-state index is -0.388. The smallest absolute Gasteiger partial charge is 0.221 e. The summed E-state index contributed by atoms with van der Waals surface area (Å²) in [4.78, 5) is 18.4. The van der Waals surface area contributed by atoms with Gasteiger partial charge in [-0.05, 0) is 55.0 Å². The van der Waals surface area contributed by atoms with E-state index in [-0.39, 0.29) is 18.9 Å². The number of amides is 1. The summed E-state index contributed by atoms with van der Waals surface area (Å²) in [5.41, 5.74) is 10.3. The highest BCUT2D eigenvalue weighted by molar-refractivity contribution is 5.79. The fraction of sp³-hybridized carbons (Fsp3) is 0.333. The number of hydrogen-bond donors (Lipinski definition) is 4. The lowest BCUT2D eigenvalue weighted by molar-refractivity contribution is -0.117. The Bertz CT molecular complexity index is 1060. The second kappa shape index (κ2) is 11.5. The Hall–Kier alpha value is -3.58. The molecule has 2 aromatic carbocycles. The maximum absolute atomic E-state index is 11.5. The molecule has 4 rings (SSSR count).